The Morgan fingerprint density at radius 2 is 1.59 bits per heavy atom. The molecule has 0 radical (unpaired) electrons. The molecular weight excluding hydrogens is 410 g/mol. The van der Waals surface area contributed by atoms with E-state index in [0.29, 0.717) is 16.8 Å². The molecular formula is C21H24ClN3O3S. The van der Waals surface area contributed by atoms with Crippen molar-refractivity contribution in [3.8, 4) is 5.75 Å². The van der Waals surface area contributed by atoms with Gasteiger partial charge in [-0.2, -0.15) is 0 Å². The van der Waals surface area contributed by atoms with Gasteiger partial charge in [0, 0.05) is 42.6 Å². The van der Waals surface area contributed by atoms with Crippen molar-refractivity contribution in [2.75, 3.05) is 42.9 Å². The molecule has 154 valence electrons. The highest BCUT2D eigenvalue weighted by atomic mass is 35.5. The van der Waals surface area contributed by atoms with Crippen molar-refractivity contribution in [2.24, 2.45) is 0 Å². The minimum Gasteiger partial charge on any atom is -0.495 e. The van der Waals surface area contributed by atoms with Gasteiger partial charge in [-0.15, -0.1) is 12.4 Å². The third kappa shape index (κ3) is 4.27. The Labute approximate surface area is 177 Å². The maximum absolute atomic E-state index is 13.2. The normalized spacial score (nSPS) is 14.3. The summed E-state index contributed by atoms with van der Waals surface area (Å²) in [6.07, 6.45) is 0. The SMILES string of the molecule is COc1ccccc1NS(=O)(=O)c1ccc(N2CCNCC2)c2ccccc12.Cl. The lowest BCUT2D eigenvalue weighted by Gasteiger charge is -2.30. The van der Waals surface area contributed by atoms with Crippen LogP contribution in [0.25, 0.3) is 10.8 Å². The lowest BCUT2D eigenvalue weighted by Crippen LogP contribution is -2.43. The summed E-state index contributed by atoms with van der Waals surface area (Å²) in [4.78, 5) is 2.55. The van der Waals surface area contributed by atoms with Crippen LogP contribution in [0, 0.1) is 0 Å². The van der Waals surface area contributed by atoms with E-state index in [2.05, 4.69) is 14.9 Å². The van der Waals surface area contributed by atoms with Crippen LogP contribution >= 0.6 is 12.4 Å². The molecule has 0 aromatic heterocycles. The van der Waals surface area contributed by atoms with Crippen LogP contribution in [0.2, 0.25) is 0 Å². The number of piperazine rings is 1. The number of rotatable bonds is 5. The molecule has 0 atom stereocenters. The molecule has 1 fully saturated rings. The molecule has 8 heteroatoms. The average Bonchev–Trinajstić information content (AvgIpc) is 2.73. The van der Waals surface area contributed by atoms with Crippen molar-refractivity contribution in [2.45, 2.75) is 4.90 Å². The summed E-state index contributed by atoms with van der Waals surface area (Å²) in [7, 11) is -2.26. The first-order valence-electron chi connectivity index (χ1n) is 9.23. The Balaban J connectivity index is 0.00000240. The summed E-state index contributed by atoms with van der Waals surface area (Å²) in [5.74, 6) is 0.479. The molecule has 3 aromatic carbocycles. The van der Waals surface area contributed by atoms with Gasteiger partial charge >= 0.3 is 0 Å². The summed E-state index contributed by atoms with van der Waals surface area (Å²) in [6, 6.07) is 18.2. The Morgan fingerprint density at radius 1 is 0.931 bits per heavy atom. The van der Waals surface area contributed by atoms with Gasteiger partial charge in [0.15, 0.2) is 0 Å². The number of hydrogen-bond acceptors (Lipinski definition) is 5. The molecule has 6 nitrogen and oxygen atoms in total. The van der Waals surface area contributed by atoms with E-state index >= 15 is 0 Å². The minimum absolute atomic E-state index is 0. The molecule has 2 N–H and O–H groups in total. The predicted octanol–water partition coefficient (Wildman–Crippen LogP) is 3.48. The van der Waals surface area contributed by atoms with E-state index in [1.807, 2.05) is 30.3 Å². The molecule has 4 rings (SSSR count). The topological polar surface area (TPSA) is 70.7 Å². The number of para-hydroxylation sites is 2. The van der Waals surface area contributed by atoms with Gasteiger partial charge in [-0.1, -0.05) is 36.4 Å². The summed E-state index contributed by atoms with van der Waals surface area (Å²) in [6.45, 7) is 3.64. The highest BCUT2D eigenvalue weighted by Gasteiger charge is 2.22. The lowest BCUT2D eigenvalue weighted by atomic mass is 10.1. The van der Waals surface area contributed by atoms with E-state index in [0.717, 1.165) is 37.3 Å². The zero-order valence-electron chi connectivity index (χ0n) is 16.1. The molecule has 1 aliphatic rings. The van der Waals surface area contributed by atoms with Crippen LogP contribution in [-0.2, 0) is 10.0 Å². The first-order valence-corrected chi connectivity index (χ1v) is 10.7. The summed E-state index contributed by atoms with van der Waals surface area (Å²) in [5.41, 5.74) is 1.48. The second-order valence-corrected chi connectivity index (χ2v) is 8.32. The average molecular weight is 434 g/mol. The van der Waals surface area contributed by atoms with E-state index in [9.17, 15) is 8.42 Å². The number of fused-ring (bicyclic) bond motifs is 1. The smallest absolute Gasteiger partial charge is 0.262 e. The van der Waals surface area contributed by atoms with Crippen molar-refractivity contribution < 1.29 is 13.2 Å². The van der Waals surface area contributed by atoms with Gasteiger partial charge in [0.05, 0.1) is 17.7 Å². The predicted molar refractivity (Wildman–Crippen MR) is 120 cm³/mol. The lowest BCUT2D eigenvalue weighted by molar-refractivity contribution is 0.417. The Kier molecular flexibility index (Phi) is 6.52. The van der Waals surface area contributed by atoms with Crippen LogP contribution in [0.1, 0.15) is 0 Å². The summed E-state index contributed by atoms with van der Waals surface area (Å²) in [5, 5.41) is 4.99. The third-order valence-electron chi connectivity index (χ3n) is 4.96. The third-order valence-corrected chi connectivity index (χ3v) is 6.38. The first-order chi connectivity index (χ1) is 13.6. The van der Waals surface area contributed by atoms with Crippen LogP contribution < -0.4 is 19.7 Å². The van der Waals surface area contributed by atoms with Crippen molar-refractivity contribution in [3.63, 3.8) is 0 Å². The molecule has 3 aromatic rings. The van der Waals surface area contributed by atoms with E-state index in [1.165, 1.54) is 7.11 Å². The Hall–Kier alpha value is -2.48. The summed E-state index contributed by atoms with van der Waals surface area (Å²) >= 11 is 0. The van der Waals surface area contributed by atoms with Gasteiger partial charge in [-0.3, -0.25) is 4.72 Å². The zero-order valence-corrected chi connectivity index (χ0v) is 17.7. The number of methoxy groups -OCH3 is 1. The molecule has 1 heterocycles. The van der Waals surface area contributed by atoms with E-state index in [4.69, 9.17) is 4.74 Å². The molecule has 0 saturated carbocycles. The molecule has 0 spiro atoms. The highest BCUT2D eigenvalue weighted by molar-refractivity contribution is 7.93. The number of nitrogens with zero attached hydrogens (tertiary/aromatic N) is 1. The van der Waals surface area contributed by atoms with Gasteiger partial charge in [-0.25, -0.2) is 8.42 Å². The second-order valence-electron chi connectivity index (χ2n) is 6.67. The Morgan fingerprint density at radius 3 is 2.31 bits per heavy atom. The van der Waals surface area contributed by atoms with Gasteiger partial charge in [0.1, 0.15) is 5.75 Å². The fourth-order valence-corrected chi connectivity index (χ4v) is 4.88. The largest absolute Gasteiger partial charge is 0.495 e. The Bertz CT molecular complexity index is 1100. The number of anilines is 2. The molecule has 1 aliphatic heterocycles. The standard InChI is InChI=1S/C21H23N3O3S.ClH/c1-27-20-9-5-4-8-18(20)23-28(25,26)21-11-10-19(24-14-12-22-13-15-24)16-6-2-3-7-17(16)21;/h2-11,22-23H,12-15H2,1H3;1H. The quantitative estimate of drug-likeness (QED) is 0.644. The fraction of sp³-hybridized carbons (Fsp3) is 0.238. The van der Waals surface area contributed by atoms with Crippen molar-refractivity contribution >= 4 is 44.6 Å². The minimum atomic E-state index is -3.78. The van der Waals surface area contributed by atoms with E-state index < -0.39 is 10.0 Å². The van der Waals surface area contributed by atoms with Crippen LogP contribution in [0.5, 0.6) is 5.75 Å². The number of halogens is 1. The fourth-order valence-electron chi connectivity index (χ4n) is 3.60. The molecule has 0 amide bonds. The second kappa shape index (κ2) is 8.90. The number of benzene rings is 3. The van der Waals surface area contributed by atoms with Crippen molar-refractivity contribution in [1.29, 1.82) is 0 Å². The first kappa shape index (κ1) is 21.2. The van der Waals surface area contributed by atoms with E-state index in [1.54, 1.807) is 30.3 Å². The number of nitrogens with one attached hydrogen (secondary N) is 2. The van der Waals surface area contributed by atoms with Crippen molar-refractivity contribution in [1.82, 2.24) is 5.32 Å². The van der Waals surface area contributed by atoms with Gasteiger partial charge < -0.3 is 15.0 Å². The van der Waals surface area contributed by atoms with Crippen LogP contribution in [-0.4, -0.2) is 41.7 Å². The van der Waals surface area contributed by atoms with Crippen LogP contribution in [0.15, 0.2) is 65.6 Å². The van der Waals surface area contributed by atoms with Crippen LogP contribution in [0.4, 0.5) is 11.4 Å². The molecule has 0 bridgehead atoms. The van der Waals surface area contributed by atoms with Gasteiger partial charge in [0.25, 0.3) is 10.0 Å². The monoisotopic (exact) mass is 433 g/mol. The summed E-state index contributed by atoms with van der Waals surface area (Å²) < 4.78 is 34.3. The number of ether oxygens (including phenoxy) is 1. The number of hydrogen-bond donors (Lipinski definition) is 2. The molecule has 0 unspecified atom stereocenters. The maximum Gasteiger partial charge on any atom is 0.262 e. The molecule has 1 saturated heterocycles. The highest BCUT2D eigenvalue weighted by Crippen LogP contribution is 2.34. The van der Waals surface area contributed by atoms with Gasteiger partial charge in [-0.05, 0) is 24.3 Å². The zero-order chi connectivity index (χ0) is 19.6. The maximum atomic E-state index is 13.2. The molecule has 29 heavy (non-hydrogen) atoms. The van der Waals surface area contributed by atoms with Crippen LogP contribution in [0.3, 0.4) is 0 Å². The van der Waals surface area contributed by atoms with Gasteiger partial charge in [0.2, 0.25) is 0 Å². The van der Waals surface area contributed by atoms with Crippen molar-refractivity contribution in [3.05, 3.63) is 60.7 Å². The molecule has 0 aliphatic carbocycles. The van der Waals surface area contributed by atoms with E-state index in [-0.39, 0.29) is 17.3 Å². The number of sulfonamides is 1.